The van der Waals surface area contributed by atoms with E-state index in [0.29, 0.717) is 11.1 Å². The molecular weight excluding hydrogens is 358 g/mol. The minimum Gasteiger partial charge on any atom is -0.331 e. The van der Waals surface area contributed by atoms with Crippen molar-refractivity contribution in [3.05, 3.63) is 44.7 Å². The first kappa shape index (κ1) is 14.9. The van der Waals surface area contributed by atoms with Crippen LogP contribution in [0.25, 0.3) is 10.9 Å². The van der Waals surface area contributed by atoms with Gasteiger partial charge in [0.2, 0.25) is 5.56 Å². The molecule has 5 nitrogen and oxygen atoms in total. The van der Waals surface area contributed by atoms with Crippen molar-refractivity contribution in [2.24, 2.45) is 0 Å². The Balaban J connectivity index is 1.83. The predicted molar refractivity (Wildman–Crippen MR) is 92.7 cm³/mol. The van der Waals surface area contributed by atoms with Crippen LogP contribution in [-0.4, -0.2) is 41.0 Å². The van der Waals surface area contributed by atoms with Gasteiger partial charge in [0.1, 0.15) is 0 Å². The van der Waals surface area contributed by atoms with Gasteiger partial charge in [-0.2, -0.15) is 0 Å². The second-order valence-electron chi connectivity index (χ2n) is 6.33. The normalized spacial score (nSPS) is 24.0. The number of carbonyl (C=O) groups is 1. The van der Waals surface area contributed by atoms with Crippen LogP contribution in [0.5, 0.6) is 0 Å². The molecule has 1 aromatic heterocycles. The number of nitrogens with one attached hydrogen (secondary N) is 2. The predicted octanol–water partition coefficient (Wildman–Crippen LogP) is 2.26. The van der Waals surface area contributed by atoms with Crippen molar-refractivity contribution in [3.8, 4) is 0 Å². The molecule has 0 aliphatic carbocycles. The maximum atomic E-state index is 13.2. The van der Waals surface area contributed by atoms with Crippen LogP contribution >= 0.6 is 15.9 Å². The van der Waals surface area contributed by atoms with Gasteiger partial charge in [0.05, 0.1) is 5.56 Å². The standard InChI is InChI=1S/C17H18BrN3O2/c18-10-1-4-15-13(7-10)14(8-16(22)20-15)17(23)21-11-2-3-12(21)9-19-6-5-11/h1,4,7-8,11-12,19H,2-3,5-6,9H2,(H,20,22). The van der Waals surface area contributed by atoms with E-state index < -0.39 is 0 Å². The van der Waals surface area contributed by atoms with Gasteiger partial charge >= 0.3 is 0 Å². The molecule has 2 bridgehead atoms. The summed E-state index contributed by atoms with van der Waals surface area (Å²) in [5.74, 6) is -0.0181. The Kier molecular flexibility index (Phi) is 3.73. The van der Waals surface area contributed by atoms with Crippen LogP contribution < -0.4 is 10.9 Å². The average molecular weight is 376 g/mol. The first-order chi connectivity index (χ1) is 11.1. The largest absolute Gasteiger partial charge is 0.331 e. The lowest BCUT2D eigenvalue weighted by Gasteiger charge is -2.28. The highest BCUT2D eigenvalue weighted by molar-refractivity contribution is 9.10. The molecule has 0 saturated carbocycles. The van der Waals surface area contributed by atoms with Crippen molar-refractivity contribution in [1.82, 2.24) is 15.2 Å². The molecule has 2 aromatic rings. The van der Waals surface area contributed by atoms with Crippen molar-refractivity contribution in [2.45, 2.75) is 31.3 Å². The van der Waals surface area contributed by atoms with Crippen molar-refractivity contribution < 1.29 is 4.79 Å². The van der Waals surface area contributed by atoms with Crippen LogP contribution in [0.15, 0.2) is 33.5 Å². The summed E-state index contributed by atoms with van der Waals surface area (Å²) in [6.45, 7) is 1.79. The molecule has 2 aliphatic rings. The number of aromatic nitrogens is 1. The van der Waals surface area contributed by atoms with Gasteiger partial charge in [0.25, 0.3) is 5.91 Å². The molecule has 2 aliphatic heterocycles. The van der Waals surface area contributed by atoms with Crippen molar-refractivity contribution in [1.29, 1.82) is 0 Å². The number of halogens is 1. The van der Waals surface area contributed by atoms with E-state index in [4.69, 9.17) is 0 Å². The molecule has 2 saturated heterocycles. The Hall–Kier alpha value is -1.66. The summed E-state index contributed by atoms with van der Waals surface area (Å²) in [7, 11) is 0. The van der Waals surface area contributed by atoms with E-state index in [1.807, 2.05) is 23.1 Å². The maximum absolute atomic E-state index is 13.2. The topological polar surface area (TPSA) is 65.2 Å². The Bertz CT molecular complexity index is 818. The van der Waals surface area contributed by atoms with Gasteiger partial charge in [-0.1, -0.05) is 15.9 Å². The van der Waals surface area contributed by atoms with E-state index >= 15 is 0 Å². The van der Waals surface area contributed by atoms with Crippen LogP contribution in [0.2, 0.25) is 0 Å². The van der Waals surface area contributed by atoms with E-state index in [9.17, 15) is 9.59 Å². The second-order valence-corrected chi connectivity index (χ2v) is 7.24. The number of amides is 1. The number of pyridine rings is 1. The van der Waals surface area contributed by atoms with E-state index in [0.717, 1.165) is 42.2 Å². The van der Waals surface area contributed by atoms with Gasteiger partial charge in [0.15, 0.2) is 0 Å². The first-order valence-electron chi connectivity index (χ1n) is 7.99. The number of hydrogen-bond donors (Lipinski definition) is 2. The number of benzene rings is 1. The van der Waals surface area contributed by atoms with Gasteiger partial charge < -0.3 is 15.2 Å². The Morgan fingerprint density at radius 3 is 2.87 bits per heavy atom. The van der Waals surface area contributed by atoms with Gasteiger partial charge in [-0.15, -0.1) is 0 Å². The number of fused-ring (bicyclic) bond motifs is 3. The first-order valence-corrected chi connectivity index (χ1v) is 8.79. The Morgan fingerprint density at radius 1 is 1.17 bits per heavy atom. The highest BCUT2D eigenvalue weighted by Gasteiger charge is 2.38. The van der Waals surface area contributed by atoms with Gasteiger partial charge in [-0.3, -0.25) is 9.59 Å². The molecule has 120 valence electrons. The summed E-state index contributed by atoms with van der Waals surface area (Å²) in [6, 6.07) is 7.55. The molecule has 2 fully saturated rings. The summed E-state index contributed by atoms with van der Waals surface area (Å²) in [4.78, 5) is 30.0. The molecule has 2 atom stereocenters. The fourth-order valence-electron chi connectivity index (χ4n) is 3.86. The minimum absolute atomic E-state index is 0.0181. The Morgan fingerprint density at radius 2 is 2.00 bits per heavy atom. The average Bonchev–Trinajstić information content (AvgIpc) is 2.79. The van der Waals surface area contributed by atoms with Crippen LogP contribution in [0, 0.1) is 0 Å². The molecule has 2 N–H and O–H groups in total. The summed E-state index contributed by atoms with van der Waals surface area (Å²) in [5, 5.41) is 4.20. The van der Waals surface area contributed by atoms with E-state index in [1.165, 1.54) is 6.07 Å². The number of rotatable bonds is 1. The van der Waals surface area contributed by atoms with E-state index in [2.05, 4.69) is 26.2 Å². The zero-order valence-corrected chi connectivity index (χ0v) is 14.2. The number of carbonyl (C=O) groups excluding carboxylic acids is 1. The summed E-state index contributed by atoms with van der Waals surface area (Å²) >= 11 is 3.45. The molecule has 6 heteroatoms. The fraction of sp³-hybridized carbons (Fsp3) is 0.412. The van der Waals surface area contributed by atoms with Crippen LogP contribution in [-0.2, 0) is 0 Å². The van der Waals surface area contributed by atoms with Crippen molar-refractivity contribution in [2.75, 3.05) is 13.1 Å². The molecule has 3 heterocycles. The number of H-pyrrole nitrogens is 1. The minimum atomic E-state index is -0.233. The molecular formula is C17H18BrN3O2. The monoisotopic (exact) mass is 375 g/mol. The molecule has 1 amide bonds. The lowest BCUT2D eigenvalue weighted by molar-refractivity contribution is 0.0682. The van der Waals surface area contributed by atoms with Crippen molar-refractivity contribution >= 4 is 32.7 Å². The maximum Gasteiger partial charge on any atom is 0.255 e. The summed E-state index contributed by atoms with van der Waals surface area (Å²) in [6.07, 6.45) is 3.07. The highest BCUT2D eigenvalue weighted by Crippen LogP contribution is 2.31. The lowest BCUT2D eigenvalue weighted by Crippen LogP contribution is -2.42. The second kappa shape index (κ2) is 5.76. The quantitative estimate of drug-likeness (QED) is 0.803. The van der Waals surface area contributed by atoms with Gasteiger partial charge in [-0.05, 0) is 44.0 Å². The van der Waals surface area contributed by atoms with Gasteiger partial charge in [-0.25, -0.2) is 0 Å². The smallest absolute Gasteiger partial charge is 0.255 e. The molecule has 1 aromatic carbocycles. The zero-order chi connectivity index (χ0) is 16.0. The van der Waals surface area contributed by atoms with Gasteiger partial charge in [0, 0.05) is 40.1 Å². The third-order valence-corrected chi connectivity index (χ3v) is 5.42. The third kappa shape index (κ3) is 2.60. The summed E-state index contributed by atoms with van der Waals surface area (Å²) in [5.41, 5.74) is 0.969. The fourth-order valence-corrected chi connectivity index (χ4v) is 4.22. The molecule has 2 unspecified atom stereocenters. The highest BCUT2D eigenvalue weighted by atomic mass is 79.9. The molecule has 0 radical (unpaired) electrons. The molecule has 23 heavy (non-hydrogen) atoms. The Labute approximate surface area is 142 Å². The number of hydrogen-bond acceptors (Lipinski definition) is 3. The zero-order valence-electron chi connectivity index (χ0n) is 12.6. The van der Waals surface area contributed by atoms with E-state index in [-0.39, 0.29) is 23.6 Å². The summed E-state index contributed by atoms with van der Waals surface area (Å²) < 4.78 is 0.895. The third-order valence-electron chi connectivity index (χ3n) is 4.92. The lowest BCUT2D eigenvalue weighted by atomic mass is 10.1. The molecule has 0 spiro atoms. The number of nitrogens with zero attached hydrogens (tertiary/aromatic N) is 1. The van der Waals surface area contributed by atoms with E-state index in [1.54, 1.807) is 0 Å². The van der Waals surface area contributed by atoms with Crippen LogP contribution in [0.3, 0.4) is 0 Å². The van der Waals surface area contributed by atoms with Crippen LogP contribution in [0.4, 0.5) is 0 Å². The SMILES string of the molecule is O=C(c1cc(=O)[nH]c2ccc(Br)cc12)N1C2CCNCC1CC2. The van der Waals surface area contributed by atoms with Crippen LogP contribution in [0.1, 0.15) is 29.6 Å². The number of aromatic amines is 1. The van der Waals surface area contributed by atoms with Crippen molar-refractivity contribution in [3.63, 3.8) is 0 Å². The molecule has 4 rings (SSSR count).